The van der Waals surface area contributed by atoms with Crippen LogP contribution in [0.15, 0.2) is 24.3 Å². The molecule has 1 aromatic heterocycles. The molecule has 0 amide bonds. The molecule has 20 heavy (non-hydrogen) atoms. The fraction of sp³-hybridized carbons (Fsp3) is 0.471. The molecule has 0 saturated heterocycles. The standard InChI is InChI=1S/C17H22N2S/c1-16(2)9-13-14(11-7-5-6-8-12(11)16)19-15(20-13)17(3,4)10-18/h5-8H,9-10,18H2,1-4H3. The lowest BCUT2D eigenvalue weighted by Gasteiger charge is -2.31. The predicted molar refractivity (Wildman–Crippen MR) is 86.4 cm³/mol. The summed E-state index contributed by atoms with van der Waals surface area (Å²) in [6, 6.07) is 8.68. The van der Waals surface area contributed by atoms with Gasteiger partial charge in [0.25, 0.3) is 0 Å². The number of rotatable bonds is 2. The second-order valence-electron chi connectivity index (χ2n) is 6.99. The third-order valence-corrected chi connectivity index (χ3v) is 5.72. The van der Waals surface area contributed by atoms with Crippen molar-refractivity contribution >= 4 is 11.3 Å². The van der Waals surface area contributed by atoms with Gasteiger partial charge in [-0.15, -0.1) is 11.3 Å². The maximum absolute atomic E-state index is 5.91. The normalized spacial score (nSPS) is 16.6. The number of nitrogens with two attached hydrogens (primary N) is 1. The molecule has 2 aromatic rings. The molecule has 0 unspecified atom stereocenters. The van der Waals surface area contributed by atoms with Crippen LogP contribution in [0.4, 0.5) is 0 Å². The summed E-state index contributed by atoms with van der Waals surface area (Å²) >= 11 is 1.84. The van der Waals surface area contributed by atoms with Crippen molar-refractivity contribution in [3.63, 3.8) is 0 Å². The molecule has 1 aromatic carbocycles. The predicted octanol–water partition coefficient (Wildman–Crippen LogP) is 3.88. The van der Waals surface area contributed by atoms with E-state index >= 15 is 0 Å². The number of fused-ring (bicyclic) bond motifs is 3. The van der Waals surface area contributed by atoms with Gasteiger partial charge in [0.2, 0.25) is 0 Å². The molecule has 2 N–H and O–H groups in total. The van der Waals surface area contributed by atoms with Crippen molar-refractivity contribution in [3.05, 3.63) is 39.7 Å². The van der Waals surface area contributed by atoms with E-state index in [2.05, 4.69) is 52.0 Å². The van der Waals surface area contributed by atoms with Crippen molar-refractivity contribution in [3.8, 4) is 11.3 Å². The molecule has 1 heterocycles. The fourth-order valence-electron chi connectivity index (χ4n) is 2.84. The Morgan fingerprint density at radius 1 is 1.30 bits per heavy atom. The first-order valence-electron chi connectivity index (χ1n) is 7.15. The highest BCUT2D eigenvalue weighted by Gasteiger charge is 2.35. The van der Waals surface area contributed by atoms with E-state index in [1.807, 2.05) is 11.3 Å². The number of hydrogen-bond acceptors (Lipinski definition) is 3. The van der Waals surface area contributed by atoms with Crippen LogP contribution in [-0.4, -0.2) is 11.5 Å². The Bertz CT molecular complexity index is 653. The van der Waals surface area contributed by atoms with Crippen LogP contribution in [0, 0.1) is 0 Å². The van der Waals surface area contributed by atoms with E-state index < -0.39 is 0 Å². The molecule has 0 saturated carbocycles. The highest BCUT2D eigenvalue weighted by Crippen LogP contribution is 2.46. The number of thiazole rings is 1. The van der Waals surface area contributed by atoms with Gasteiger partial charge in [0.1, 0.15) is 5.01 Å². The van der Waals surface area contributed by atoms with E-state index in [1.54, 1.807) is 0 Å². The SMILES string of the molecule is CC(C)(CN)c1nc2c(s1)CC(C)(C)c1ccccc1-2. The Labute approximate surface area is 125 Å². The molecule has 0 radical (unpaired) electrons. The largest absolute Gasteiger partial charge is 0.330 e. The first-order valence-corrected chi connectivity index (χ1v) is 7.97. The Kier molecular flexibility index (Phi) is 3.03. The minimum Gasteiger partial charge on any atom is -0.330 e. The summed E-state index contributed by atoms with van der Waals surface area (Å²) in [5.41, 5.74) is 9.94. The van der Waals surface area contributed by atoms with E-state index in [9.17, 15) is 0 Å². The van der Waals surface area contributed by atoms with E-state index in [1.165, 1.54) is 21.7 Å². The van der Waals surface area contributed by atoms with Crippen molar-refractivity contribution in [1.82, 2.24) is 4.98 Å². The van der Waals surface area contributed by atoms with Gasteiger partial charge in [0.05, 0.1) is 5.69 Å². The zero-order valence-corrected chi connectivity index (χ0v) is 13.5. The van der Waals surface area contributed by atoms with Crippen molar-refractivity contribution in [2.24, 2.45) is 5.73 Å². The van der Waals surface area contributed by atoms with Gasteiger partial charge in [-0.25, -0.2) is 4.98 Å². The number of aromatic nitrogens is 1. The number of hydrogen-bond donors (Lipinski definition) is 1. The summed E-state index contributed by atoms with van der Waals surface area (Å²) in [5.74, 6) is 0. The minimum atomic E-state index is -0.0406. The van der Waals surface area contributed by atoms with E-state index in [0.29, 0.717) is 6.54 Å². The fourth-order valence-corrected chi connectivity index (χ4v) is 4.25. The number of nitrogens with zero attached hydrogens (tertiary/aromatic N) is 1. The van der Waals surface area contributed by atoms with Gasteiger partial charge in [-0.1, -0.05) is 52.0 Å². The second kappa shape index (κ2) is 4.40. The maximum atomic E-state index is 5.91. The molecule has 0 atom stereocenters. The quantitative estimate of drug-likeness (QED) is 0.910. The lowest BCUT2D eigenvalue weighted by Crippen LogP contribution is -2.27. The zero-order chi connectivity index (χ0) is 14.5. The van der Waals surface area contributed by atoms with Crippen molar-refractivity contribution in [2.75, 3.05) is 6.54 Å². The molecule has 0 bridgehead atoms. The highest BCUT2D eigenvalue weighted by atomic mass is 32.1. The van der Waals surface area contributed by atoms with Crippen LogP contribution in [0.5, 0.6) is 0 Å². The average Bonchev–Trinajstić information content (AvgIpc) is 2.83. The first kappa shape index (κ1) is 13.8. The van der Waals surface area contributed by atoms with Crippen LogP contribution in [0.1, 0.15) is 43.1 Å². The minimum absolute atomic E-state index is 0.0406. The molecule has 106 valence electrons. The highest BCUT2D eigenvalue weighted by molar-refractivity contribution is 7.12. The van der Waals surface area contributed by atoms with Crippen molar-refractivity contribution in [2.45, 2.75) is 44.9 Å². The van der Waals surface area contributed by atoms with Crippen LogP contribution in [0.25, 0.3) is 11.3 Å². The summed E-state index contributed by atoms with van der Waals surface area (Å²) in [6.07, 6.45) is 1.07. The average molecular weight is 286 g/mol. The van der Waals surface area contributed by atoms with E-state index in [4.69, 9.17) is 10.7 Å². The topological polar surface area (TPSA) is 38.9 Å². The third kappa shape index (κ3) is 2.00. The van der Waals surface area contributed by atoms with Gasteiger partial charge in [-0.3, -0.25) is 0 Å². The van der Waals surface area contributed by atoms with Crippen molar-refractivity contribution < 1.29 is 0 Å². The van der Waals surface area contributed by atoms with Crippen LogP contribution in [0.2, 0.25) is 0 Å². The van der Waals surface area contributed by atoms with E-state index in [0.717, 1.165) is 11.4 Å². The summed E-state index contributed by atoms with van der Waals surface area (Å²) in [4.78, 5) is 6.35. The lowest BCUT2D eigenvalue weighted by molar-refractivity contribution is 0.520. The smallest absolute Gasteiger partial charge is 0.100 e. The van der Waals surface area contributed by atoms with Crippen LogP contribution < -0.4 is 5.73 Å². The van der Waals surface area contributed by atoms with Gasteiger partial charge in [-0.2, -0.15) is 0 Å². The van der Waals surface area contributed by atoms with E-state index in [-0.39, 0.29) is 10.8 Å². The molecular formula is C17H22N2S. The summed E-state index contributed by atoms with van der Waals surface area (Å²) in [7, 11) is 0. The second-order valence-corrected chi connectivity index (χ2v) is 8.07. The molecule has 3 rings (SSSR count). The maximum Gasteiger partial charge on any atom is 0.100 e. The van der Waals surface area contributed by atoms with Gasteiger partial charge in [0.15, 0.2) is 0 Å². The monoisotopic (exact) mass is 286 g/mol. The lowest BCUT2D eigenvalue weighted by atomic mass is 9.74. The van der Waals surface area contributed by atoms with Crippen LogP contribution >= 0.6 is 11.3 Å². The van der Waals surface area contributed by atoms with Crippen LogP contribution in [-0.2, 0) is 17.3 Å². The number of benzene rings is 1. The molecule has 1 aliphatic rings. The molecule has 0 aliphatic heterocycles. The molecular weight excluding hydrogens is 264 g/mol. The third-order valence-electron chi connectivity index (χ3n) is 4.30. The first-order chi connectivity index (χ1) is 9.35. The Hall–Kier alpha value is -1.19. The van der Waals surface area contributed by atoms with Crippen LogP contribution in [0.3, 0.4) is 0 Å². The van der Waals surface area contributed by atoms with Crippen molar-refractivity contribution in [1.29, 1.82) is 0 Å². The molecule has 0 spiro atoms. The zero-order valence-electron chi connectivity index (χ0n) is 12.7. The molecule has 0 fully saturated rings. The molecule has 2 nitrogen and oxygen atoms in total. The summed E-state index contributed by atoms with van der Waals surface area (Å²) in [6.45, 7) is 9.62. The Morgan fingerprint density at radius 2 is 2.00 bits per heavy atom. The summed E-state index contributed by atoms with van der Waals surface area (Å²) in [5, 5.41) is 1.16. The van der Waals surface area contributed by atoms with Gasteiger partial charge in [-0.05, 0) is 17.4 Å². The van der Waals surface area contributed by atoms with Gasteiger partial charge in [0, 0.05) is 22.4 Å². The molecule has 1 aliphatic carbocycles. The molecule has 3 heteroatoms. The van der Waals surface area contributed by atoms with Gasteiger partial charge < -0.3 is 5.73 Å². The Morgan fingerprint density at radius 3 is 2.70 bits per heavy atom. The van der Waals surface area contributed by atoms with Gasteiger partial charge >= 0.3 is 0 Å². The Balaban J connectivity index is 2.19. The summed E-state index contributed by atoms with van der Waals surface area (Å²) < 4.78 is 0.